The maximum atomic E-state index is 12.3. The summed E-state index contributed by atoms with van der Waals surface area (Å²) in [4.78, 5) is 14.3. The van der Waals surface area contributed by atoms with Crippen LogP contribution in [0, 0.1) is 5.92 Å². The normalized spacial score (nSPS) is 26.2. The van der Waals surface area contributed by atoms with Gasteiger partial charge in [-0.1, -0.05) is 12.1 Å². The van der Waals surface area contributed by atoms with Gasteiger partial charge < -0.3 is 15.3 Å². The van der Waals surface area contributed by atoms with Gasteiger partial charge in [-0.25, -0.2) is 0 Å². The highest BCUT2D eigenvalue weighted by atomic mass is 16.3. The van der Waals surface area contributed by atoms with Crippen molar-refractivity contribution < 1.29 is 9.90 Å². The summed E-state index contributed by atoms with van der Waals surface area (Å²) in [6, 6.07) is 7.39. The SMILES string of the molecule is O=C(Cc1ccc(O)cc1)N1C[C@@H]2CCCN[C@@H]2C1. The number of phenols is 1. The van der Waals surface area contributed by atoms with Gasteiger partial charge in [0.15, 0.2) is 0 Å². The third kappa shape index (κ3) is 2.73. The van der Waals surface area contributed by atoms with Crippen molar-refractivity contribution in [2.45, 2.75) is 25.3 Å². The number of benzene rings is 1. The Kier molecular flexibility index (Phi) is 3.42. The Morgan fingerprint density at radius 1 is 1.32 bits per heavy atom. The van der Waals surface area contributed by atoms with E-state index in [4.69, 9.17) is 0 Å². The van der Waals surface area contributed by atoms with Crippen LogP contribution in [0.15, 0.2) is 24.3 Å². The second-order valence-electron chi connectivity index (χ2n) is 5.60. The predicted molar refractivity (Wildman–Crippen MR) is 72.9 cm³/mol. The molecular weight excluding hydrogens is 240 g/mol. The number of piperidine rings is 1. The van der Waals surface area contributed by atoms with E-state index in [-0.39, 0.29) is 11.7 Å². The van der Waals surface area contributed by atoms with E-state index in [0.717, 1.165) is 25.2 Å². The van der Waals surface area contributed by atoms with Crippen LogP contribution >= 0.6 is 0 Å². The quantitative estimate of drug-likeness (QED) is 0.838. The topological polar surface area (TPSA) is 52.6 Å². The van der Waals surface area contributed by atoms with Crippen LogP contribution in [0.4, 0.5) is 0 Å². The second kappa shape index (κ2) is 5.21. The molecule has 19 heavy (non-hydrogen) atoms. The number of carbonyl (C=O) groups is 1. The maximum absolute atomic E-state index is 12.3. The molecule has 0 aliphatic carbocycles. The Morgan fingerprint density at radius 3 is 2.84 bits per heavy atom. The van der Waals surface area contributed by atoms with E-state index in [0.29, 0.717) is 18.4 Å². The number of rotatable bonds is 2. The molecule has 1 aromatic carbocycles. The summed E-state index contributed by atoms with van der Waals surface area (Å²) < 4.78 is 0. The van der Waals surface area contributed by atoms with Gasteiger partial charge in [0, 0.05) is 19.1 Å². The Hall–Kier alpha value is -1.55. The fraction of sp³-hybridized carbons (Fsp3) is 0.533. The third-order valence-corrected chi connectivity index (χ3v) is 4.24. The third-order valence-electron chi connectivity index (χ3n) is 4.24. The Balaban J connectivity index is 1.60. The second-order valence-corrected chi connectivity index (χ2v) is 5.60. The van der Waals surface area contributed by atoms with Crippen molar-refractivity contribution in [1.82, 2.24) is 10.2 Å². The van der Waals surface area contributed by atoms with Gasteiger partial charge in [-0.2, -0.15) is 0 Å². The summed E-state index contributed by atoms with van der Waals surface area (Å²) in [5, 5.41) is 12.7. The molecule has 4 nitrogen and oxygen atoms in total. The van der Waals surface area contributed by atoms with E-state index in [2.05, 4.69) is 5.32 Å². The average molecular weight is 260 g/mol. The molecule has 2 aliphatic heterocycles. The molecule has 2 atom stereocenters. The number of aromatic hydroxyl groups is 1. The zero-order valence-electron chi connectivity index (χ0n) is 11.0. The van der Waals surface area contributed by atoms with Crippen LogP contribution in [0.3, 0.4) is 0 Å². The molecular formula is C15H20N2O2. The first-order valence-electron chi connectivity index (χ1n) is 7.01. The summed E-state index contributed by atoms with van der Waals surface area (Å²) in [6.07, 6.45) is 2.89. The van der Waals surface area contributed by atoms with Gasteiger partial charge in [-0.15, -0.1) is 0 Å². The molecule has 2 aliphatic rings. The molecule has 1 aromatic rings. The monoisotopic (exact) mass is 260 g/mol. The van der Waals surface area contributed by atoms with Crippen LogP contribution in [0.2, 0.25) is 0 Å². The van der Waals surface area contributed by atoms with Crippen molar-refractivity contribution in [2.75, 3.05) is 19.6 Å². The molecule has 0 saturated carbocycles. The molecule has 0 unspecified atom stereocenters. The number of carbonyl (C=O) groups excluding carboxylic acids is 1. The molecule has 102 valence electrons. The van der Waals surface area contributed by atoms with Crippen molar-refractivity contribution in [1.29, 1.82) is 0 Å². The molecule has 2 fully saturated rings. The lowest BCUT2D eigenvalue weighted by Crippen LogP contribution is -2.41. The van der Waals surface area contributed by atoms with Gasteiger partial charge >= 0.3 is 0 Å². The number of nitrogens with one attached hydrogen (secondary N) is 1. The first-order valence-corrected chi connectivity index (χ1v) is 7.01. The van der Waals surface area contributed by atoms with Crippen LogP contribution in [0.25, 0.3) is 0 Å². The minimum absolute atomic E-state index is 0.196. The van der Waals surface area contributed by atoms with Gasteiger partial charge in [0.25, 0.3) is 0 Å². The summed E-state index contributed by atoms with van der Waals surface area (Å²) in [5.41, 5.74) is 0.964. The fourth-order valence-electron chi connectivity index (χ4n) is 3.15. The number of phenolic OH excluding ortho intramolecular Hbond substituents is 1. The van der Waals surface area contributed by atoms with Gasteiger partial charge in [-0.3, -0.25) is 4.79 Å². The van der Waals surface area contributed by atoms with Crippen molar-refractivity contribution in [3.8, 4) is 5.75 Å². The minimum atomic E-state index is 0.196. The van der Waals surface area contributed by atoms with E-state index in [1.807, 2.05) is 17.0 Å². The lowest BCUT2D eigenvalue weighted by atomic mass is 9.94. The molecule has 2 saturated heterocycles. The van der Waals surface area contributed by atoms with E-state index in [1.165, 1.54) is 12.8 Å². The summed E-state index contributed by atoms with van der Waals surface area (Å²) in [7, 11) is 0. The predicted octanol–water partition coefficient (Wildman–Crippen LogP) is 1.15. The number of likely N-dealkylation sites (tertiary alicyclic amines) is 1. The molecule has 0 radical (unpaired) electrons. The summed E-state index contributed by atoms with van der Waals surface area (Å²) in [6.45, 7) is 2.83. The van der Waals surface area contributed by atoms with Crippen molar-refractivity contribution >= 4 is 5.91 Å². The van der Waals surface area contributed by atoms with Gasteiger partial charge in [0.2, 0.25) is 5.91 Å². The van der Waals surface area contributed by atoms with Crippen molar-refractivity contribution in [3.63, 3.8) is 0 Å². The first-order chi connectivity index (χ1) is 9.22. The van der Waals surface area contributed by atoms with E-state index in [9.17, 15) is 9.90 Å². The van der Waals surface area contributed by atoms with E-state index >= 15 is 0 Å². The molecule has 0 bridgehead atoms. The molecule has 0 spiro atoms. The Morgan fingerprint density at radius 2 is 2.11 bits per heavy atom. The van der Waals surface area contributed by atoms with Crippen LogP contribution in [0.5, 0.6) is 5.75 Å². The highest BCUT2D eigenvalue weighted by Crippen LogP contribution is 2.25. The largest absolute Gasteiger partial charge is 0.508 e. The standard InChI is InChI=1S/C15H20N2O2/c18-13-5-3-11(4-6-13)8-15(19)17-9-12-2-1-7-16-14(12)10-17/h3-6,12,14,16,18H,1-2,7-10H2/t12-,14+/m0/s1. The zero-order chi connectivity index (χ0) is 13.2. The molecule has 4 heteroatoms. The highest BCUT2D eigenvalue weighted by molar-refractivity contribution is 5.79. The van der Waals surface area contributed by atoms with Gasteiger partial charge in [0.05, 0.1) is 6.42 Å². The number of hydrogen-bond acceptors (Lipinski definition) is 3. The Labute approximate surface area is 113 Å². The number of nitrogens with zero attached hydrogens (tertiary/aromatic N) is 1. The molecule has 2 heterocycles. The van der Waals surface area contributed by atoms with Crippen molar-refractivity contribution in [3.05, 3.63) is 29.8 Å². The highest BCUT2D eigenvalue weighted by Gasteiger charge is 2.36. The van der Waals surface area contributed by atoms with Crippen LogP contribution < -0.4 is 5.32 Å². The smallest absolute Gasteiger partial charge is 0.227 e. The number of fused-ring (bicyclic) bond motifs is 1. The van der Waals surface area contributed by atoms with Gasteiger partial charge in [-0.05, 0) is 43.0 Å². The first kappa shape index (κ1) is 12.5. The molecule has 0 aromatic heterocycles. The average Bonchev–Trinajstić information content (AvgIpc) is 2.85. The van der Waals surface area contributed by atoms with Gasteiger partial charge in [0.1, 0.15) is 5.75 Å². The fourth-order valence-corrected chi connectivity index (χ4v) is 3.15. The van der Waals surface area contributed by atoms with Crippen molar-refractivity contribution in [2.24, 2.45) is 5.92 Å². The van der Waals surface area contributed by atoms with E-state index < -0.39 is 0 Å². The summed E-state index contributed by atoms with van der Waals surface area (Å²) in [5.74, 6) is 1.08. The minimum Gasteiger partial charge on any atom is -0.508 e. The zero-order valence-corrected chi connectivity index (χ0v) is 11.0. The lowest BCUT2D eigenvalue weighted by molar-refractivity contribution is -0.129. The Bertz CT molecular complexity index is 444. The number of amides is 1. The number of hydrogen-bond donors (Lipinski definition) is 2. The molecule has 1 amide bonds. The van der Waals surface area contributed by atoms with Crippen LogP contribution in [0.1, 0.15) is 18.4 Å². The van der Waals surface area contributed by atoms with Crippen LogP contribution in [-0.4, -0.2) is 41.6 Å². The van der Waals surface area contributed by atoms with Crippen LogP contribution in [-0.2, 0) is 11.2 Å². The van der Waals surface area contributed by atoms with E-state index in [1.54, 1.807) is 12.1 Å². The summed E-state index contributed by atoms with van der Waals surface area (Å²) >= 11 is 0. The maximum Gasteiger partial charge on any atom is 0.227 e. The molecule has 3 rings (SSSR count). The lowest BCUT2D eigenvalue weighted by Gasteiger charge is -2.24. The molecule has 2 N–H and O–H groups in total.